The zero-order chi connectivity index (χ0) is 15.1. The Balaban J connectivity index is 3.00. The first kappa shape index (κ1) is 17.5. The van der Waals surface area contributed by atoms with Gasteiger partial charge in [0.15, 0.2) is 13.6 Å². The minimum absolute atomic E-state index is 0.269. The van der Waals surface area contributed by atoms with E-state index in [-0.39, 0.29) is 13.6 Å². The van der Waals surface area contributed by atoms with Crippen molar-refractivity contribution in [1.82, 2.24) is 0 Å². The van der Waals surface area contributed by atoms with Crippen LogP contribution in [0.4, 0.5) is 0 Å². The highest BCUT2D eigenvalue weighted by molar-refractivity contribution is 14.1. The Morgan fingerprint density at radius 3 is 1.70 bits per heavy atom. The monoisotopic (exact) mass is 394 g/mol. The van der Waals surface area contributed by atoms with Gasteiger partial charge in [-0.05, 0) is 68.3 Å². The molecule has 114 valence electrons. The van der Waals surface area contributed by atoms with Crippen molar-refractivity contribution in [3.05, 3.63) is 20.3 Å². The van der Waals surface area contributed by atoms with Crippen molar-refractivity contribution in [3.63, 3.8) is 0 Å². The Morgan fingerprint density at radius 1 is 0.750 bits per heavy atom. The van der Waals surface area contributed by atoms with Crippen molar-refractivity contribution in [3.8, 4) is 11.5 Å². The summed E-state index contributed by atoms with van der Waals surface area (Å²) in [6.07, 6.45) is 0. The number of benzene rings is 1. The molecular formula is C15H23IO4. The normalized spacial score (nSPS) is 10.7. The number of rotatable bonds is 8. The average Bonchev–Trinajstić information content (AvgIpc) is 2.44. The van der Waals surface area contributed by atoms with E-state index in [9.17, 15) is 0 Å². The number of hydrogen-bond acceptors (Lipinski definition) is 4. The van der Waals surface area contributed by atoms with E-state index < -0.39 is 0 Å². The molecule has 0 saturated heterocycles. The molecule has 5 heteroatoms. The first-order valence-electron chi connectivity index (χ1n) is 6.74. The van der Waals surface area contributed by atoms with Crippen LogP contribution in [0, 0.1) is 24.3 Å². The Bertz CT molecular complexity index is 376. The maximum atomic E-state index is 5.74. The lowest BCUT2D eigenvalue weighted by atomic mass is 10.0. The van der Waals surface area contributed by atoms with E-state index in [0.29, 0.717) is 13.2 Å². The van der Waals surface area contributed by atoms with Crippen molar-refractivity contribution < 1.29 is 18.9 Å². The molecule has 0 atom stereocenters. The number of hydrogen-bond donors (Lipinski definition) is 0. The van der Waals surface area contributed by atoms with Crippen LogP contribution in [0.15, 0.2) is 0 Å². The summed E-state index contributed by atoms with van der Waals surface area (Å²) >= 11 is 2.28. The molecule has 20 heavy (non-hydrogen) atoms. The molecule has 0 unspecified atom stereocenters. The quantitative estimate of drug-likeness (QED) is 0.380. The average molecular weight is 394 g/mol. The van der Waals surface area contributed by atoms with Gasteiger partial charge in [-0.2, -0.15) is 0 Å². The van der Waals surface area contributed by atoms with E-state index in [0.717, 1.165) is 31.8 Å². The lowest BCUT2D eigenvalue weighted by Crippen LogP contribution is -2.10. The van der Waals surface area contributed by atoms with Crippen LogP contribution in [0.1, 0.15) is 30.5 Å². The van der Waals surface area contributed by atoms with Gasteiger partial charge < -0.3 is 18.9 Å². The summed E-state index contributed by atoms with van der Waals surface area (Å²) in [7, 11) is 0. The van der Waals surface area contributed by atoms with Gasteiger partial charge in [-0.15, -0.1) is 0 Å². The van der Waals surface area contributed by atoms with E-state index >= 15 is 0 Å². The smallest absolute Gasteiger partial charge is 0.189 e. The van der Waals surface area contributed by atoms with Crippen LogP contribution < -0.4 is 9.47 Å². The summed E-state index contributed by atoms with van der Waals surface area (Å²) < 4.78 is 23.0. The van der Waals surface area contributed by atoms with Gasteiger partial charge in [0.05, 0.1) is 3.57 Å². The first-order chi connectivity index (χ1) is 9.54. The second-order valence-corrected chi connectivity index (χ2v) is 5.44. The molecule has 0 aliphatic carbocycles. The van der Waals surface area contributed by atoms with Gasteiger partial charge in [-0.3, -0.25) is 0 Å². The molecular weight excluding hydrogens is 371 g/mol. The molecule has 1 aromatic rings. The lowest BCUT2D eigenvalue weighted by molar-refractivity contribution is 0.0185. The summed E-state index contributed by atoms with van der Waals surface area (Å²) in [6.45, 7) is 11.8. The van der Waals surface area contributed by atoms with Crippen molar-refractivity contribution in [2.24, 2.45) is 0 Å². The van der Waals surface area contributed by atoms with Crippen LogP contribution in [-0.2, 0) is 9.47 Å². The third kappa shape index (κ3) is 4.23. The molecule has 0 spiro atoms. The van der Waals surface area contributed by atoms with Gasteiger partial charge in [-0.25, -0.2) is 0 Å². The molecule has 0 aliphatic heterocycles. The van der Waals surface area contributed by atoms with Crippen molar-refractivity contribution in [1.29, 1.82) is 0 Å². The molecule has 0 aliphatic rings. The molecule has 1 aromatic carbocycles. The van der Waals surface area contributed by atoms with Crippen LogP contribution in [0.3, 0.4) is 0 Å². The predicted molar refractivity (Wildman–Crippen MR) is 87.6 cm³/mol. The summed E-state index contributed by atoms with van der Waals surface area (Å²) in [5.41, 5.74) is 3.22. The zero-order valence-corrected chi connectivity index (χ0v) is 15.0. The van der Waals surface area contributed by atoms with E-state index in [4.69, 9.17) is 18.9 Å². The van der Waals surface area contributed by atoms with Gasteiger partial charge in [0.25, 0.3) is 0 Å². The maximum Gasteiger partial charge on any atom is 0.189 e. The van der Waals surface area contributed by atoms with Crippen LogP contribution in [0.25, 0.3) is 0 Å². The summed E-state index contributed by atoms with van der Waals surface area (Å²) in [5, 5.41) is 0. The fraction of sp³-hybridized carbons (Fsp3) is 0.600. The standard InChI is InChI=1S/C15H23IO4/c1-6-17-8-19-14-10(3)11(4)15(13(16)12(14)5)20-9-18-7-2/h6-9H2,1-5H3. The number of ether oxygens (including phenoxy) is 4. The maximum absolute atomic E-state index is 5.74. The van der Waals surface area contributed by atoms with E-state index in [1.54, 1.807) is 0 Å². The molecule has 0 aromatic heterocycles. The molecule has 0 saturated carbocycles. The molecule has 0 radical (unpaired) electrons. The van der Waals surface area contributed by atoms with Gasteiger partial charge in [-0.1, -0.05) is 0 Å². The fourth-order valence-electron chi connectivity index (χ4n) is 1.81. The Hall–Kier alpha value is -0.530. The van der Waals surface area contributed by atoms with Crippen LogP contribution in [0.5, 0.6) is 11.5 Å². The lowest BCUT2D eigenvalue weighted by Gasteiger charge is -2.20. The predicted octanol–water partition coefficient (Wildman–Crippen LogP) is 3.96. The largest absolute Gasteiger partial charge is 0.467 e. The second kappa shape index (κ2) is 8.69. The van der Waals surface area contributed by atoms with Gasteiger partial charge >= 0.3 is 0 Å². The minimum atomic E-state index is 0.269. The Morgan fingerprint density at radius 2 is 1.20 bits per heavy atom. The van der Waals surface area contributed by atoms with Crippen LogP contribution >= 0.6 is 22.6 Å². The minimum Gasteiger partial charge on any atom is -0.467 e. The molecule has 0 amide bonds. The summed E-state index contributed by atoms with van der Waals surface area (Å²) in [6, 6.07) is 0. The zero-order valence-electron chi connectivity index (χ0n) is 12.8. The van der Waals surface area contributed by atoms with Crippen LogP contribution in [0.2, 0.25) is 0 Å². The van der Waals surface area contributed by atoms with E-state index in [1.807, 2.05) is 34.6 Å². The molecule has 0 bridgehead atoms. The molecule has 0 heterocycles. The van der Waals surface area contributed by atoms with Gasteiger partial charge in [0.2, 0.25) is 0 Å². The van der Waals surface area contributed by atoms with Crippen molar-refractivity contribution >= 4 is 22.6 Å². The third-order valence-electron chi connectivity index (χ3n) is 3.09. The Kier molecular flexibility index (Phi) is 7.61. The van der Waals surface area contributed by atoms with E-state index in [2.05, 4.69) is 22.6 Å². The van der Waals surface area contributed by atoms with E-state index in [1.165, 1.54) is 0 Å². The SMILES string of the molecule is CCOCOc1c(C)c(C)c(OCOCC)c(I)c1C. The Labute approximate surface area is 134 Å². The summed E-state index contributed by atoms with van der Waals surface area (Å²) in [4.78, 5) is 0. The van der Waals surface area contributed by atoms with Crippen LogP contribution in [-0.4, -0.2) is 26.8 Å². The van der Waals surface area contributed by atoms with Gasteiger partial charge in [0.1, 0.15) is 11.5 Å². The highest BCUT2D eigenvalue weighted by Crippen LogP contribution is 2.38. The summed E-state index contributed by atoms with van der Waals surface area (Å²) in [5.74, 6) is 1.75. The topological polar surface area (TPSA) is 36.9 Å². The molecule has 4 nitrogen and oxygen atoms in total. The highest BCUT2D eigenvalue weighted by Gasteiger charge is 2.18. The van der Waals surface area contributed by atoms with Crippen molar-refractivity contribution in [2.75, 3.05) is 26.8 Å². The highest BCUT2D eigenvalue weighted by atomic mass is 127. The molecule has 0 N–H and O–H groups in total. The third-order valence-corrected chi connectivity index (χ3v) is 4.39. The second-order valence-electron chi connectivity index (χ2n) is 4.36. The fourth-order valence-corrected chi connectivity index (χ4v) is 2.62. The number of halogens is 1. The molecule has 1 rings (SSSR count). The molecule has 0 fully saturated rings. The van der Waals surface area contributed by atoms with Crippen molar-refractivity contribution in [2.45, 2.75) is 34.6 Å². The van der Waals surface area contributed by atoms with Gasteiger partial charge in [0, 0.05) is 18.8 Å². The first-order valence-corrected chi connectivity index (χ1v) is 7.82.